The second-order valence-corrected chi connectivity index (χ2v) is 7.14. The van der Waals surface area contributed by atoms with Crippen LogP contribution in [0, 0.1) is 35.0 Å². The first-order valence-corrected chi connectivity index (χ1v) is 8.88. The van der Waals surface area contributed by atoms with Crippen molar-refractivity contribution >= 4 is 0 Å². The summed E-state index contributed by atoms with van der Waals surface area (Å²) in [5, 5.41) is 8.58. The molecule has 0 amide bonds. The van der Waals surface area contributed by atoms with Crippen LogP contribution in [0.5, 0.6) is 0 Å². The molecule has 0 saturated heterocycles. The predicted molar refractivity (Wildman–Crippen MR) is 85.2 cm³/mol. The maximum atomic E-state index is 8.58. The van der Waals surface area contributed by atoms with Crippen molar-refractivity contribution < 1.29 is 0 Å². The highest BCUT2D eigenvalue weighted by Gasteiger charge is 2.23. The Morgan fingerprint density at radius 3 is 1.85 bits per heavy atom. The summed E-state index contributed by atoms with van der Waals surface area (Å²) in [6, 6.07) is 2.12. The molecule has 0 atom stereocenters. The molecule has 112 valence electrons. The molecule has 0 aliphatic heterocycles. The molecule has 2 fully saturated rings. The summed E-state index contributed by atoms with van der Waals surface area (Å²) in [4.78, 5) is 0. The first-order valence-electron chi connectivity index (χ1n) is 8.88. The average molecular weight is 273 g/mol. The topological polar surface area (TPSA) is 23.8 Å². The van der Waals surface area contributed by atoms with Crippen molar-refractivity contribution in [2.24, 2.45) is 23.7 Å². The van der Waals surface area contributed by atoms with Crippen LogP contribution in [-0.2, 0) is 0 Å². The Balaban J connectivity index is 1.60. The molecule has 1 nitrogen and oxygen atoms in total. The number of nitriles is 1. The molecule has 20 heavy (non-hydrogen) atoms. The quantitative estimate of drug-likeness (QED) is 0.575. The van der Waals surface area contributed by atoms with Gasteiger partial charge in [-0.1, -0.05) is 57.9 Å². The van der Waals surface area contributed by atoms with Gasteiger partial charge in [-0.05, 0) is 49.4 Å². The standard InChI is InChI=1S/C19H31N/c1-2-16-5-7-18(8-6-16)13-14-19-11-9-17(10-12-19)4-3-15-20/h3-4,16-19H,2,5-14H2,1H3/b4-3+/t16-,17-,18-,19-. The lowest BCUT2D eigenvalue weighted by Crippen LogP contribution is -2.17. The predicted octanol–water partition coefficient (Wildman–Crippen LogP) is 5.87. The van der Waals surface area contributed by atoms with E-state index in [1.807, 2.05) is 0 Å². The molecule has 0 aromatic carbocycles. The smallest absolute Gasteiger partial charge is 0.0908 e. The van der Waals surface area contributed by atoms with E-state index < -0.39 is 0 Å². The van der Waals surface area contributed by atoms with Gasteiger partial charge in [-0.3, -0.25) is 0 Å². The maximum absolute atomic E-state index is 8.58. The molecule has 0 unspecified atom stereocenters. The van der Waals surface area contributed by atoms with Crippen molar-refractivity contribution in [3.05, 3.63) is 12.2 Å². The molecule has 0 bridgehead atoms. The number of nitrogens with zero attached hydrogens (tertiary/aromatic N) is 1. The minimum absolute atomic E-state index is 0.686. The Bertz CT molecular complexity index is 322. The van der Waals surface area contributed by atoms with Crippen LogP contribution in [-0.4, -0.2) is 0 Å². The third kappa shape index (κ3) is 4.97. The first kappa shape index (κ1) is 15.6. The lowest BCUT2D eigenvalue weighted by atomic mass is 9.75. The molecule has 2 saturated carbocycles. The Morgan fingerprint density at radius 1 is 0.850 bits per heavy atom. The molecule has 0 spiro atoms. The Kier molecular flexibility index (Phi) is 6.64. The van der Waals surface area contributed by atoms with E-state index in [1.165, 1.54) is 70.6 Å². The summed E-state index contributed by atoms with van der Waals surface area (Å²) in [5.41, 5.74) is 0. The molecule has 1 heteroatoms. The molecule has 0 aromatic rings. The summed E-state index contributed by atoms with van der Waals surface area (Å²) in [6.45, 7) is 2.35. The van der Waals surface area contributed by atoms with E-state index in [0.29, 0.717) is 5.92 Å². The maximum Gasteiger partial charge on any atom is 0.0908 e. The van der Waals surface area contributed by atoms with Crippen LogP contribution >= 0.6 is 0 Å². The molecule has 0 radical (unpaired) electrons. The number of allylic oxidation sites excluding steroid dienone is 2. The molecule has 0 N–H and O–H groups in total. The van der Waals surface area contributed by atoms with Crippen LogP contribution in [0.1, 0.15) is 77.6 Å². The van der Waals surface area contributed by atoms with Crippen molar-refractivity contribution in [2.75, 3.05) is 0 Å². The van der Waals surface area contributed by atoms with Crippen LogP contribution in [0.15, 0.2) is 12.2 Å². The SMILES string of the molecule is CC[C@H]1CC[C@H](CC[C@H]2CC[C@H](/C=C/C#N)CC2)CC1. The second kappa shape index (κ2) is 8.50. The van der Waals surface area contributed by atoms with Gasteiger partial charge in [-0.15, -0.1) is 0 Å². The Morgan fingerprint density at radius 2 is 1.35 bits per heavy atom. The average Bonchev–Trinajstić information content (AvgIpc) is 2.52. The van der Waals surface area contributed by atoms with Gasteiger partial charge in [0.1, 0.15) is 0 Å². The fourth-order valence-corrected chi connectivity index (χ4v) is 4.25. The van der Waals surface area contributed by atoms with Crippen molar-refractivity contribution in [2.45, 2.75) is 77.6 Å². The highest BCUT2D eigenvalue weighted by Crippen LogP contribution is 2.37. The lowest BCUT2D eigenvalue weighted by molar-refractivity contribution is 0.224. The normalized spacial score (nSPS) is 35.0. The monoisotopic (exact) mass is 273 g/mol. The van der Waals surface area contributed by atoms with Crippen molar-refractivity contribution in [3.8, 4) is 6.07 Å². The van der Waals surface area contributed by atoms with Crippen molar-refractivity contribution in [3.63, 3.8) is 0 Å². The fraction of sp³-hybridized carbons (Fsp3) is 0.842. The highest BCUT2D eigenvalue weighted by atomic mass is 14.3. The first-order chi connectivity index (χ1) is 9.81. The van der Waals surface area contributed by atoms with Gasteiger partial charge in [0.2, 0.25) is 0 Å². The van der Waals surface area contributed by atoms with Crippen LogP contribution < -0.4 is 0 Å². The van der Waals surface area contributed by atoms with Crippen LogP contribution in [0.2, 0.25) is 0 Å². The fourth-order valence-electron chi connectivity index (χ4n) is 4.25. The molecular formula is C19H31N. The largest absolute Gasteiger partial charge is 0.193 e. The van der Waals surface area contributed by atoms with Crippen molar-refractivity contribution in [1.29, 1.82) is 5.26 Å². The van der Waals surface area contributed by atoms with E-state index in [1.54, 1.807) is 6.08 Å². The van der Waals surface area contributed by atoms with Gasteiger partial charge in [-0.2, -0.15) is 5.26 Å². The Hall–Kier alpha value is -0.770. The minimum atomic E-state index is 0.686. The zero-order valence-corrected chi connectivity index (χ0v) is 13.2. The van der Waals surface area contributed by atoms with E-state index in [2.05, 4.69) is 19.1 Å². The lowest BCUT2D eigenvalue weighted by Gasteiger charge is -2.31. The van der Waals surface area contributed by atoms with Crippen LogP contribution in [0.3, 0.4) is 0 Å². The molecule has 2 aliphatic carbocycles. The summed E-state index contributed by atoms with van der Waals surface area (Å²) in [6.07, 6.45) is 19.5. The van der Waals surface area contributed by atoms with Gasteiger partial charge in [-0.25, -0.2) is 0 Å². The third-order valence-electron chi connectivity index (χ3n) is 5.86. The third-order valence-corrected chi connectivity index (χ3v) is 5.86. The molecule has 2 rings (SSSR count). The van der Waals surface area contributed by atoms with Gasteiger partial charge >= 0.3 is 0 Å². The van der Waals surface area contributed by atoms with Gasteiger partial charge in [0, 0.05) is 6.08 Å². The minimum Gasteiger partial charge on any atom is -0.193 e. The summed E-state index contributed by atoms with van der Waals surface area (Å²) in [5.74, 6) is 3.74. The molecular weight excluding hydrogens is 242 g/mol. The highest BCUT2D eigenvalue weighted by molar-refractivity contribution is 5.04. The van der Waals surface area contributed by atoms with E-state index in [-0.39, 0.29) is 0 Å². The number of rotatable bonds is 5. The van der Waals surface area contributed by atoms with Crippen LogP contribution in [0.4, 0.5) is 0 Å². The molecule has 2 aliphatic rings. The summed E-state index contributed by atoms with van der Waals surface area (Å²) < 4.78 is 0. The molecule has 0 aromatic heterocycles. The Labute approximate surface area is 125 Å². The number of hydrogen-bond acceptors (Lipinski definition) is 1. The van der Waals surface area contributed by atoms with E-state index in [0.717, 1.165) is 17.8 Å². The van der Waals surface area contributed by atoms with Gasteiger partial charge in [0.25, 0.3) is 0 Å². The van der Waals surface area contributed by atoms with Gasteiger partial charge in [0.05, 0.1) is 6.07 Å². The van der Waals surface area contributed by atoms with Gasteiger partial charge < -0.3 is 0 Å². The van der Waals surface area contributed by atoms with Gasteiger partial charge in [0.15, 0.2) is 0 Å². The van der Waals surface area contributed by atoms with Crippen LogP contribution in [0.25, 0.3) is 0 Å². The van der Waals surface area contributed by atoms with E-state index in [9.17, 15) is 0 Å². The van der Waals surface area contributed by atoms with E-state index >= 15 is 0 Å². The van der Waals surface area contributed by atoms with Crippen molar-refractivity contribution in [1.82, 2.24) is 0 Å². The molecule has 0 heterocycles. The summed E-state index contributed by atoms with van der Waals surface area (Å²) in [7, 11) is 0. The summed E-state index contributed by atoms with van der Waals surface area (Å²) >= 11 is 0. The number of hydrogen-bond donors (Lipinski definition) is 0. The van der Waals surface area contributed by atoms with E-state index in [4.69, 9.17) is 5.26 Å². The zero-order valence-electron chi connectivity index (χ0n) is 13.2. The second-order valence-electron chi connectivity index (χ2n) is 7.14. The zero-order chi connectivity index (χ0) is 14.2.